The van der Waals surface area contributed by atoms with Gasteiger partial charge in [0.2, 0.25) is 59.1 Å². The Hall–Kier alpha value is -8.22. The minimum Gasteiger partial charge on any atom is -0.497 e. The normalized spacial score (nSPS) is 13.4. The number of unbranched alkanes of at least 4 members (excludes halogenated alkanes) is 1. The highest BCUT2D eigenvalue weighted by Crippen LogP contribution is 2.16. The summed E-state index contributed by atoms with van der Waals surface area (Å²) in [6, 6.07) is 17.0. The summed E-state index contributed by atoms with van der Waals surface area (Å²) in [6.07, 6.45) is 3.40. The molecule has 0 bridgehead atoms. The number of carbonyl (C=O) groups excluding carboxylic acids is 10. The molecule has 0 aliphatic carbocycles. The number of amides is 10. The monoisotopic (exact) mass is 1170 g/mol. The van der Waals surface area contributed by atoms with Crippen LogP contribution in [-0.2, 0) is 65.6 Å². The third kappa shape index (κ3) is 26.9. The molecule has 454 valence electrons. The molecular weight excluding hydrogens is 1090 g/mol. The average molecular weight is 1170 g/mol. The maximum Gasteiger partial charge on any atom is 0.326 e. The fourth-order valence-corrected chi connectivity index (χ4v) is 8.77. The predicted molar refractivity (Wildman–Crippen MR) is 314 cm³/mol. The quantitative estimate of drug-likeness (QED) is 0.0360. The van der Waals surface area contributed by atoms with Crippen molar-refractivity contribution < 1.29 is 62.6 Å². The molecule has 25 heteroatoms. The van der Waals surface area contributed by atoms with Crippen molar-refractivity contribution in [1.82, 2.24) is 53.2 Å². The topological polar surface area (TPSA) is 350 Å². The van der Waals surface area contributed by atoms with Crippen molar-refractivity contribution in [1.29, 1.82) is 0 Å². The van der Waals surface area contributed by atoms with E-state index in [0.717, 1.165) is 11.3 Å². The van der Waals surface area contributed by atoms with Gasteiger partial charge in [0.05, 0.1) is 26.7 Å². The molecule has 0 radical (unpaired) electrons. The van der Waals surface area contributed by atoms with Crippen molar-refractivity contribution in [3.8, 4) is 5.75 Å². The fourth-order valence-electron chi connectivity index (χ4n) is 8.30. The van der Waals surface area contributed by atoms with Crippen LogP contribution in [0.4, 0.5) is 5.69 Å². The first kappa shape index (κ1) is 69.1. The van der Waals surface area contributed by atoms with Crippen LogP contribution in [0.3, 0.4) is 0 Å². The Morgan fingerprint density at radius 2 is 1.01 bits per heavy atom. The molecule has 0 unspecified atom stereocenters. The van der Waals surface area contributed by atoms with Gasteiger partial charge in [-0.1, -0.05) is 88.4 Å². The first-order chi connectivity index (χ1) is 39.5. The number of hydrogen-bond acceptors (Lipinski definition) is 14. The lowest BCUT2D eigenvalue weighted by Crippen LogP contribution is -2.57. The van der Waals surface area contributed by atoms with Crippen molar-refractivity contribution >= 4 is 82.5 Å². The Kier molecular flexibility index (Phi) is 30.8. The Bertz CT molecular complexity index is 2610. The van der Waals surface area contributed by atoms with Gasteiger partial charge in [0.15, 0.2) is 0 Å². The van der Waals surface area contributed by atoms with E-state index in [2.05, 4.69) is 58.5 Å². The number of thioether (sulfide) groups is 1. The highest BCUT2D eigenvalue weighted by atomic mass is 32.2. The molecule has 3 rings (SSSR count). The Morgan fingerprint density at radius 3 is 1.52 bits per heavy atom. The number of anilines is 1. The third-order valence-corrected chi connectivity index (χ3v) is 13.4. The summed E-state index contributed by atoms with van der Waals surface area (Å²) in [5, 5.41) is 38.6. The van der Waals surface area contributed by atoms with Gasteiger partial charge in [-0.3, -0.25) is 47.9 Å². The smallest absolute Gasteiger partial charge is 0.326 e. The molecule has 24 nitrogen and oxygen atoms in total. The van der Waals surface area contributed by atoms with E-state index >= 15 is 0 Å². The Morgan fingerprint density at radius 1 is 0.518 bits per heavy atom. The van der Waals surface area contributed by atoms with E-state index in [4.69, 9.17) is 4.74 Å². The minimum atomic E-state index is -1.27. The van der Waals surface area contributed by atoms with Crippen molar-refractivity contribution in [2.24, 2.45) is 11.8 Å². The standard InChI is InChI=1S/C58H83N11O13S/c1-35(2)29-45(67-56(78)46(64-38(6)70)30-39-17-11-9-12-18-39)54(76)61-32-48(71)65-43(21-15-16-27-59-41-22-24-42(82-7)25-23-41)53(75)60-34-50(73)69-51(36(3)4)57(79)62-33-49(72)66-44(26-28-83-8)55(77)63-37(5)52(74)68-47(58(80)81)31-40-19-13-10-14-20-40/h9-14,17-20,22-25,35-37,43-47,51,59H,15-16,21,26-34H2,1-8H3,(H,60,75)(H,61,76)(H,62,79)(H,63,77)(H,64,70)(H,65,71)(H,66,72)(H,67,78)(H,68,74)(H,69,73)(H,80,81)/t37-,43-,44-,45-,46-,47-,51-/m0/s1. The van der Waals surface area contributed by atoms with E-state index in [9.17, 15) is 57.8 Å². The van der Waals surface area contributed by atoms with Crippen molar-refractivity contribution in [3.05, 3.63) is 96.1 Å². The van der Waals surface area contributed by atoms with E-state index in [1.807, 2.05) is 32.0 Å². The number of nitrogens with one attached hydrogen (secondary N) is 11. The molecule has 12 N–H and O–H groups in total. The Labute approximate surface area is 489 Å². The molecule has 0 fully saturated rings. The number of methoxy groups -OCH3 is 1. The van der Waals surface area contributed by atoms with E-state index in [1.54, 1.807) is 93.9 Å². The third-order valence-electron chi connectivity index (χ3n) is 12.8. The number of hydrogen-bond donors (Lipinski definition) is 12. The van der Waals surface area contributed by atoms with E-state index < -0.39 is 133 Å². The van der Waals surface area contributed by atoms with Gasteiger partial charge < -0.3 is 68.3 Å². The second-order valence-corrected chi connectivity index (χ2v) is 21.6. The first-order valence-electron chi connectivity index (χ1n) is 27.6. The average Bonchev–Trinajstić information content (AvgIpc) is 3.57. The molecule has 0 saturated carbocycles. The molecule has 0 spiro atoms. The van der Waals surface area contributed by atoms with Crippen LogP contribution in [-0.4, -0.2) is 158 Å². The van der Waals surface area contributed by atoms with Crippen LogP contribution in [0.15, 0.2) is 84.9 Å². The summed E-state index contributed by atoms with van der Waals surface area (Å²) < 4.78 is 5.22. The SMILES string of the molecule is COc1ccc(NCCCC[C@H](NC(=O)CNC(=O)[C@H](CC(C)C)NC(=O)[C@H](Cc2ccccc2)NC(C)=O)C(=O)NCC(=O)N[C@H](C(=O)NCC(=O)N[C@@H](CCSC)C(=O)N[C@@H](C)C(=O)N[C@@H](Cc2ccccc2)C(=O)O)C(C)C)cc1. The molecule has 10 amide bonds. The van der Waals surface area contributed by atoms with Crippen LogP contribution in [0.1, 0.15) is 84.8 Å². The van der Waals surface area contributed by atoms with Gasteiger partial charge in [0, 0.05) is 32.0 Å². The molecule has 7 atom stereocenters. The predicted octanol–water partition coefficient (Wildman–Crippen LogP) is 1.08. The summed E-state index contributed by atoms with van der Waals surface area (Å²) >= 11 is 1.40. The summed E-state index contributed by atoms with van der Waals surface area (Å²) in [5.41, 5.74) is 2.29. The second kappa shape index (κ2) is 37.0. The number of benzene rings is 3. The van der Waals surface area contributed by atoms with Gasteiger partial charge in [-0.05, 0) is 98.3 Å². The maximum atomic E-state index is 13.7. The van der Waals surface area contributed by atoms with Gasteiger partial charge in [0.25, 0.3) is 0 Å². The first-order valence-corrected chi connectivity index (χ1v) is 29.0. The molecule has 0 aliphatic heterocycles. The van der Waals surface area contributed by atoms with Crippen LogP contribution in [0.25, 0.3) is 0 Å². The molecule has 0 heterocycles. The van der Waals surface area contributed by atoms with Crippen LogP contribution in [0.5, 0.6) is 5.75 Å². The van der Waals surface area contributed by atoms with E-state index in [0.29, 0.717) is 36.5 Å². The molecule has 3 aromatic carbocycles. The van der Waals surface area contributed by atoms with Gasteiger partial charge in [-0.15, -0.1) is 0 Å². The number of ether oxygens (including phenoxy) is 1. The maximum absolute atomic E-state index is 13.7. The molecule has 83 heavy (non-hydrogen) atoms. The van der Waals surface area contributed by atoms with Crippen molar-refractivity contribution in [2.45, 2.75) is 129 Å². The molecular formula is C58H83N11O13S. The van der Waals surface area contributed by atoms with Crippen LogP contribution in [0.2, 0.25) is 0 Å². The lowest BCUT2D eigenvalue weighted by molar-refractivity contribution is -0.142. The van der Waals surface area contributed by atoms with Gasteiger partial charge in [0.1, 0.15) is 48.0 Å². The minimum absolute atomic E-state index is 0.00572. The number of carboxylic acid groups (broad SMARTS) is 1. The highest BCUT2D eigenvalue weighted by Gasteiger charge is 2.31. The zero-order valence-corrected chi connectivity index (χ0v) is 49.3. The molecule has 3 aromatic rings. The zero-order valence-electron chi connectivity index (χ0n) is 48.5. The highest BCUT2D eigenvalue weighted by molar-refractivity contribution is 7.98. The largest absolute Gasteiger partial charge is 0.497 e. The Balaban J connectivity index is 1.62. The zero-order chi connectivity index (χ0) is 61.4. The number of aliphatic carboxylic acids is 1. The fraction of sp³-hybridized carbons (Fsp3) is 0.500. The lowest BCUT2D eigenvalue weighted by atomic mass is 10.0. The van der Waals surface area contributed by atoms with Crippen molar-refractivity contribution in [3.63, 3.8) is 0 Å². The van der Waals surface area contributed by atoms with Gasteiger partial charge in [-0.2, -0.15) is 11.8 Å². The summed E-state index contributed by atoms with van der Waals surface area (Å²) in [4.78, 5) is 145. The van der Waals surface area contributed by atoms with Crippen LogP contribution < -0.4 is 63.2 Å². The number of carbonyl (C=O) groups is 11. The summed E-state index contributed by atoms with van der Waals surface area (Å²) in [7, 11) is 1.56. The van der Waals surface area contributed by atoms with Gasteiger partial charge in [-0.25, -0.2) is 4.79 Å². The number of rotatable bonds is 37. The summed E-state index contributed by atoms with van der Waals surface area (Å²) in [6.45, 7) is 8.35. The van der Waals surface area contributed by atoms with Crippen LogP contribution >= 0.6 is 11.8 Å². The molecule has 0 saturated heterocycles. The summed E-state index contributed by atoms with van der Waals surface area (Å²) in [5.74, 6) is -7.69. The molecule has 0 aliphatic rings. The van der Waals surface area contributed by atoms with Crippen molar-refractivity contribution in [2.75, 3.05) is 50.6 Å². The van der Waals surface area contributed by atoms with E-state index in [1.165, 1.54) is 25.6 Å². The second-order valence-electron chi connectivity index (χ2n) is 20.6. The lowest BCUT2D eigenvalue weighted by Gasteiger charge is -2.24. The van der Waals surface area contributed by atoms with Crippen LogP contribution in [0, 0.1) is 11.8 Å². The van der Waals surface area contributed by atoms with Gasteiger partial charge >= 0.3 is 5.97 Å². The number of carboxylic acids is 1. The van der Waals surface area contributed by atoms with E-state index in [-0.39, 0.29) is 38.0 Å². The molecule has 0 aromatic heterocycles.